The van der Waals surface area contributed by atoms with Crippen molar-refractivity contribution in [3.8, 4) is 78.0 Å². The highest BCUT2D eigenvalue weighted by atomic mass is 14.7. The van der Waals surface area contributed by atoms with Crippen LogP contribution in [0.15, 0.2) is 200 Å². The molecule has 0 N–H and O–H groups in total. The largest absolute Gasteiger partial charge is 0.256 e. The number of hydrogen-bond donors (Lipinski definition) is 0. The Kier molecular flexibility index (Phi) is 8.01. The number of pyridine rings is 1. The molecule has 1 heteroatoms. The van der Waals surface area contributed by atoms with Gasteiger partial charge in [-0.05, 0) is 109 Å². The summed E-state index contributed by atoms with van der Waals surface area (Å²) in [7, 11) is 0. The fraction of sp³-hybridized carbons (Fsp3) is 0. The Morgan fingerprint density at radius 1 is 0.208 bits per heavy atom. The third kappa shape index (κ3) is 6.23. The normalized spacial score (nSPS) is 10.9. The molecule has 8 rings (SSSR count). The fourth-order valence-corrected chi connectivity index (χ4v) is 6.39. The van der Waals surface area contributed by atoms with E-state index in [9.17, 15) is 0 Å². The highest BCUT2D eigenvalue weighted by molar-refractivity contribution is 5.81. The van der Waals surface area contributed by atoms with Gasteiger partial charge in [0.25, 0.3) is 0 Å². The van der Waals surface area contributed by atoms with Crippen LogP contribution < -0.4 is 0 Å². The summed E-state index contributed by atoms with van der Waals surface area (Å²) < 4.78 is 0. The van der Waals surface area contributed by atoms with Crippen LogP contribution in [-0.2, 0) is 0 Å². The van der Waals surface area contributed by atoms with Gasteiger partial charge in [-0.1, -0.05) is 152 Å². The molecule has 0 radical (unpaired) electrons. The van der Waals surface area contributed by atoms with Crippen LogP contribution in [0.25, 0.3) is 78.0 Å². The molecule has 0 aliphatic heterocycles. The first kappa shape index (κ1) is 29.1. The monoisotopic (exact) mass is 611 g/mol. The van der Waals surface area contributed by atoms with Gasteiger partial charge in [0.15, 0.2) is 0 Å². The second-order valence-electron chi connectivity index (χ2n) is 12.1. The predicted molar refractivity (Wildman–Crippen MR) is 202 cm³/mol. The quantitative estimate of drug-likeness (QED) is 0.175. The second-order valence-corrected chi connectivity index (χ2v) is 12.1. The van der Waals surface area contributed by atoms with E-state index in [2.05, 4.69) is 181 Å². The maximum atomic E-state index is 4.52. The van der Waals surface area contributed by atoms with Gasteiger partial charge in [-0.2, -0.15) is 0 Å². The molecule has 7 aromatic carbocycles. The molecule has 0 saturated carbocycles. The Labute approximate surface area is 282 Å². The van der Waals surface area contributed by atoms with Crippen LogP contribution in [0.4, 0.5) is 0 Å². The molecule has 0 aliphatic carbocycles. The van der Waals surface area contributed by atoms with E-state index >= 15 is 0 Å². The Morgan fingerprint density at radius 3 is 0.875 bits per heavy atom. The molecule has 0 unspecified atom stereocenters. The number of aromatic nitrogens is 1. The van der Waals surface area contributed by atoms with Gasteiger partial charge in [-0.15, -0.1) is 0 Å². The third-order valence-electron chi connectivity index (χ3n) is 8.93. The van der Waals surface area contributed by atoms with Crippen molar-refractivity contribution in [2.75, 3.05) is 0 Å². The topological polar surface area (TPSA) is 12.9 Å². The molecule has 0 amide bonds. The zero-order chi connectivity index (χ0) is 32.1. The van der Waals surface area contributed by atoms with E-state index in [4.69, 9.17) is 0 Å². The first-order chi connectivity index (χ1) is 23.8. The van der Waals surface area contributed by atoms with Crippen LogP contribution in [0.5, 0.6) is 0 Å². The summed E-state index contributed by atoms with van der Waals surface area (Å²) in [4.78, 5) is 4.52. The summed E-state index contributed by atoms with van der Waals surface area (Å²) in [5.74, 6) is 0. The van der Waals surface area contributed by atoms with E-state index in [0.717, 1.165) is 11.3 Å². The van der Waals surface area contributed by atoms with Crippen molar-refractivity contribution in [3.63, 3.8) is 0 Å². The van der Waals surface area contributed by atoms with Gasteiger partial charge in [0.1, 0.15) is 0 Å². The Balaban J connectivity index is 1.05. The van der Waals surface area contributed by atoms with E-state index in [0.29, 0.717) is 0 Å². The molecule has 0 fully saturated rings. The van der Waals surface area contributed by atoms with Crippen molar-refractivity contribution in [3.05, 3.63) is 200 Å². The Morgan fingerprint density at radius 2 is 0.500 bits per heavy atom. The summed E-state index contributed by atoms with van der Waals surface area (Å²) in [6, 6.07) is 69.4. The van der Waals surface area contributed by atoms with Crippen molar-refractivity contribution < 1.29 is 0 Å². The van der Waals surface area contributed by atoms with E-state index in [1.165, 1.54) is 66.8 Å². The lowest BCUT2D eigenvalue weighted by atomic mass is 9.93. The van der Waals surface area contributed by atoms with Gasteiger partial charge in [-0.3, -0.25) is 4.98 Å². The van der Waals surface area contributed by atoms with Gasteiger partial charge in [0.05, 0.1) is 5.69 Å². The minimum atomic E-state index is 0.984. The number of hydrogen-bond acceptors (Lipinski definition) is 1. The van der Waals surface area contributed by atoms with Gasteiger partial charge < -0.3 is 0 Å². The van der Waals surface area contributed by atoms with Gasteiger partial charge in [0.2, 0.25) is 0 Å². The molecule has 0 aliphatic rings. The van der Waals surface area contributed by atoms with E-state index in [-0.39, 0.29) is 0 Å². The van der Waals surface area contributed by atoms with Crippen molar-refractivity contribution in [1.82, 2.24) is 4.98 Å². The number of benzene rings is 7. The van der Waals surface area contributed by atoms with Crippen LogP contribution in [0, 0.1) is 0 Å². The summed E-state index contributed by atoms with van der Waals surface area (Å²) in [5, 5.41) is 0. The molecular weight excluding hydrogens is 579 g/mol. The average Bonchev–Trinajstić information content (AvgIpc) is 3.19. The van der Waals surface area contributed by atoms with E-state index < -0.39 is 0 Å². The van der Waals surface area contributed by atoms with Gasteiger partial charge in [-0.25, -0.2) is 0 Å². The molecule has 1 aromatic heterocycles. The van der Waals surface area contributed by atoms with Crippen molar-refractivity contribution in [1.29, 1.82) is 0 Å². The van der Waals surface area contributed by atoms with Gasteiger partial charge >= 0.3 is 0 Å². The van der Waals surface area contributed by atoms with Crippen LogP contribution in [0.2, 0.25) is 0 Å². The van der Waals surface area contributed by atoms with Crippen molar-refractivity contribution >= 4 is 0 Å². The minimum Gasteiger partial charge on any atom is -0.256 e. The summed E-state index contributed by atoms with van der Waals surface area (Å²) in [6.07, 6.45) is 1.84. The van der Waals surface area contributed by atoms with Gasteiger partial charge in [0, 0.05) is 11.8 Å². The van der Waals surface area contributed by atoms with Crippen LogP contribution in [0.1, 0.15) is 0 Å². The van der Waals surface area contributed by atoms with Crippen molar-refractivity contribution in [2.45, 2.75) is 0 Å². The molecule has 1 nitrogen and oxygen atoms in total. The van der Waals surface area contributed by atoms with E-state index in [1.807, 2.05) is 24.4 Å². The highest BCUT2D eigenvalue weighted by Crippen LogP contribution is 2.34. The molecule has 8 aromatic rings. The molecule has 48 heavy (non-hydrogen) atoms. The number of nitrogens with zero attached hydrogens (tertiary/aromatic N) is 1. The molecule has 1 heterocycles. The number of rotatable bonds is 7. The zero-order valence-electron chi connectivity index (χ0n) is 26.5. The predicted octanol–water partition coefficient (Wildman–Crippen LogP) is 12.8. The maximum Gasteiger partial charge on any atom is 0.0702 e. The highest BCUT2D eigenvalue weighted by Gasteiger charge is 2.08. The van der Waals surface area contributed by atoms with Crippen LogP contribution >= 0.6 is 0 Å². The summed E-state index contributed by atoms with van der Waals surface area (Å²) in [5.41, 5.74) is 16.6. The first-order valence-corrected chi connectivity index (χ1v) is 16.4. The lowest BCUT2D eigenvalue weighted by molar-refractivity contribution is 1.33. The Hall–Kier alpha value is -6.31. The second kappa shape index (κ2) is 13.2. The SMILES string of the molecule is c1ccc(-c2cccc(-c3cccc(-c4cccc(-c5cccc(-c6ccc(-c7cccc(-c8ccccn8)c7)cc6)c5)c4)c3)c2)cc1. The molecule has 0 saturated heterocycles. The average molecular weight is 612 g/mol. The molecule has 0 atom stereocenters. The summed E-state index contributed by atoms with van der Waals surface area (Å²) >= 11 is 0. The lowest BCUT2D eigenvalue weighted by Gasteiger charge is -2.11. The van der Waals surface area contributed by atoms with E-state index in [1.54, 1.807) is 0 Å². The minimum absolute atomic E-state index is 0.984. The molecular formula is C47H33N. The first-order valence-electron chi connectivity index (χ1n) is 16.4. The standard InChI is InChI=1S/C47H33N/c1-2-11-34(12-3-1)37-13-6-16-40(29-37)42-18-8-20-44(31-42)45-21-9-19-43(32-45)41-17-7-14-38(30-41)35-24-26-36(27-25-35)39-15-10-22-46(33-39)47-23-4-5-28-48-47/h1-33H. The van der Waals surface area contributed by atoms with Crippen molar-refractivity contribution in [2.24, 2.45) is 0 Å². The van der Waals surface area contributed by atoms with Crippen LogP contribution in [-0.4, -0.2) is 4.98 Å². The molecule has 0 bridgehead atoms. The summed E-state index contributed by atoms with van der Waals surface area (Å²) in [6.45, 7) is 0. The zero-order valence-corrected chi connectivity index (χ0v) is 26.5. The molecule has 226 valence electrons. The smallest absolute Gasteiger partial charge is 0.0702 e. The fourth-order valence-electron chi connectivity index (χ4n) is 6.39. The third-order valence-corrected chi connectivity index (χ3v) is 8.93. The lowest BCUT2D eigenvalue weighted by Crippen LogP contribution is -1.86. The Bertz CT molecular complexity index is 2320. The molecule has 0 spiro atoms. The maximum absolute atomic E-state index is 4.52. The van der Waals surface area contributed by atoms with Crippen LogP contribution in [0.3, 0.4) is 0 Å².